The van der Waals surface area contributed by atoms with Crippen LogP contribution in [0.2, 0.25) is 0 Å². The second kappa shape index (κ2) is 4.27. The Morgan fingerprint density at radius 1 is 1.15 bits per heavy atom. The summed E-state index contributed by atoms with van der Waals surface area (Å²) >= 11 is 0. The van der Waals surface area contributed by atoms with E-state index < -0.39 is 0 Å². The van der Waals surface area contributed by atoms with Crippen LogP contribution < -0.4 is 5.73 Å². The van der Waals surface area contributed by atoms with Crippen LogP contribution in [0.3, 0.4) is 0 Å². The highest BCUT2D eigenvalue weighted by Gasteiger charge is 2.53. The van der Waals surface area contributed by atoms with E-state index >= 15 is 0 Å². The number of aromatic nitrogens is 2. The van der Waals surface area contributed by atoms with Crippen LogP contribution in [0.4, 0.5) is 0 Å². The molecule has 0 aromatic carbocycles. The molecule has 4 saturated carbocycles. The fourth-order valence-electron chi connectivity index (χ4n) is 5.56. The highest BCUT2D eigenvalue weighted by molar-refractivity contribution is 5.24. The van der Waals surface area contributed by atoms with E-state index in [1.165, 1.54) is 38.5 Å². The van der Waals surface area contributed by atoms with Gasteiger partial charge in [-0.1, -0.05) is 0 Å². The lowest BCUT2D eigenvalue weighted by Gasteiger charge is -2.56. The fourth-order valence-corrected chi connectivity index (χ4v) is 5.56. The summed E-state index contributed by atoms with van der Waals surface area (Å²) in [4.78, 5) is 9.65. The van der Waals surface area contributed by atoms with Gasteiger partial charge in [-0.3, -0.25) is 0 Å². The third-order valence-corrected chi connectivity index (χ3v) is 6.02. The van der Waals surface area contributed by atoms with Crippen LogP contribution in [-0.4, -0.2) is 9.97 Å². The zero-order valence-corrected chi connectivity index (χ0v) is 12.6. The van der Waals surface area contributed by atoms with E-state index in [0.29, 0.717) is 5.41 Å². The van der Waals surface area contributed by atoms with E-state index in [2.05, 4.69) is 6.92 Å². The Morgan fingerprint density at radius 2 is 1.70 bits per heavy atom. The van der Waals surface area contributed by atoms with Gasteiger partial charge in [-0.15, -0.1) is 0 Å². The van der Waals surface area contributed by atoms with Gasteiger partial charge in [0.15, 0.2) is 0 Å². The summed E-state index contributed by atoms with van der Waals surface area (Å²) < 4.78 is 0. The standard InChI is InChI=1S/C17H25N3/c1-10(18)15-9-19-16(20-11(15)2)17-6-12-3-13(7-17)5-14(4-12)8-17/h9-10,12-14H,3-8,18H2,1-2H3/t10-,12?,13?,14?,17?/m0/s1. The van der Waals surface area contributed by atoms with Crippen molar-refractivity contribution in [1.82, 2.24) is 9.97 Å². The molecule has 4 aliphatic rings. The molecule has 1 heterocycles. The Bertz CT molecular complexity index is 500. The summed E-state index contributed by atoms with van der Waals surface area (Å²) in [5.74, 6) is 3.95. The number of aryl methyl sites for hydroxylation is 1. The average Bonchev–Trinajstić information content (AvgIpc) is 2.36. The van der Waals surface area contributed by atoms with Crippen molar-refractivity contribution in [3.05, 3.63) is 23.3 Å². The van der Waals surface area contributed by atoms with E-state index in [0.717, 1.165) is 34.8 Å². The molecule has 0 saturated heterocycles. The van der Waals surface area contributed by atoms with Crippen LogP contribution in [-0.2, 0) is 5.41 Å². The van der Waals surface area contributed by atoms with Gasteiger partial charge in [0.05, 0.1) is 0 Å². The zero-order valence-electron chi connectivity index (χ0n) is 12.6. The largest absolute Gasteiger partial charge is 0.324 e. The molecule has 0 unspecified atom stereocenters. The van der Waals surface area contributed by atoms with Crippen molar-refractivity contribution >= 4 is 0 Å². The SMILES string of the molecule is Cc1nc(C23CC4CC(CC(C4)C2)C3)ncc1[C@H](C)N. The molecule has 0 amide bonds. The number of nitrogens with two attached hydrogens (primary N) is 1. The maximum absolute atomic E-state index is 5.99. The van der Waals surface area contributed by atoms with E-state index in [9.17, 15) is 0 Å². The van der Waals surface area contributed by atoms with Crippen LogP contribution in [0.1, 0.15) is 68.6 Å². The van der Waals surface area contributed by atoms with Crippen molar-refractivity contribution < 1.29 is 0 Å². The molecule has 20 heavy (non-hydrogen) atoms. The first-order valence-corrected chi connectivity index (χ1v) is 8.15. The van der Waals surface area contributed by atoms with Crippen molar-refractivity contribution in [3.8, 4) is 0 Å². The maximum Gasteiger partial charge on any atom is 0.134 e. The minimum absolute atomic E-state index is 0.0282. The second-order valence-electron chi connectivity index (χ2n) is 7.72. The van der Waals surface area contributed by atoms with Gasteiger partial charge in [-0.2, -0.15) is 0 Å². The Kier molecular flexibility index (Phi) is 2.72. The predicted molar refractivity (Wildman–Crippen MR) is 79.2 cm³/mol. The third kappa shape index (κ3) is 1.82. The lowest BCUT2D eigenvalue weighted by Crippen LogP contribution is -2.49. The van der Waals surface area contributed by atoms with Crippen LogP contribution in [0, 0.1) is 24.7 Å². The van der Waals surface area contributed by atoms with E-state index in [1.54, 1.807) is 0 Å². The van der Waals surface area contributed by atoms with E-state index in [-0.39, 0.29) is 6.04 Å². The molecular formula is C17H25N3. The molecule has 4 fully saturated rings. The highest BCUT2D eigenvalue weighted by atomic mass is 14.9. The van der Waals surface area contributed by atoms with Crippen LogP contribution in [0.5, 0.6) is 0 Å². The lowest BCUT2D eigenvalue weighted by molar-refractivity contribution is -0.00950. The van der Waals surface area contributed by atoms with Gasteiger partial charge in [-0.05, 0) is 70.1 Å². The Labute approximate surface area is 121 Å². The molecule has 3 nitrogen and oxygen atoms in total. The van der Waals surface area contributed by atoms with Crippen molar-refractivity contribution in [2.24, 2.45) is 23.5 Å². The number of hydrogen-bond acceptors (Lipinski definition) is 3. The smallest absolute Gasteiger partial charge is 0.134 e. The molecule has 2 N–H and O–H groups in total. The molecule has 1 atom stereocenters. The fraction of sp³-hybridized carbons (Fsp3) is 0.765. The molecule has 0 spiro atoms. The zero-order chi connectivity index (χ0) is 13.9. The number of rotatable bonds is 2. The summed E-state index contributed by atoms with van der Waals surface area (Å²) in [5, 5.41) is 0. The molecule has 4 aliphatic carbocycles. The van der Waals surface area contributed by atoms with E-state index in [1.807, 2.05) is 13.1 Å². The van der Waals surface area contributed by atoms with Crippen LogP contribution in [0.15, 0.2) is 6.20 Å². The minimum atomic E-state index is 0.0282. The molecule has 0 radical (unpaired) electrons. The molecule has 0 aliphatic heterocycles. The third-order valence-electron chi connectivity index (χ3n) is 6.02. The quantitative estimate of drug-likeness (QED) is 0.898. The van der Waals surface area contributed by atoms with Gasteiger partial charge in [0.2, 0.25) is 0 Å². The highest BCUT2D eigenvalue weighted by Crippen LogP contribution is 2.60. The van der Waals surface area contributed by atoms with Crippen molar-refractivity contribution in [2.75, 3.05) is 0 Å². The predicted octanol–water partition coefficient (Wildman–Crippen LogP) is 3.27. The van der Waals surface area contributed by atoms with Gasteiger partial charge in [0.1, 0.15) is 5.82 Å². The van der Waals surface area contributed by atoms with Crippen LogP contribution in [0.25, 0.3) is 0 Å². The summed E-state index contributed by atoms with van der Waals surface area (Å²) in [6.07, 6.45) is 10.4. The van der Waals surface area contributed by atoms with Gasteiger partial charge >= 0.3 is 0 Å². The molecule has 1 aromatic rings. The summed E-state index contributed by atoms with van der Waals surface area (Å²) in [6.45, 7) is 4.10. The number of hydrogen-bond donors (Lipinski definition) is 1. The van der Waals surface area contributed by atoms with Crippen LogP contribution >= 0.6 is 0 Å². The summed E-state index contributed by atoms with van der Waals surface area (Å²) in [7, 11) is 0. The average molecular weight is 271 g/mol. The van der Waals surface area contributed by atoms with Gasteiger partial charge in [0.25, 0.3) is 0 Å². The normalized spacial score (nSPS) is 40.0. The molecule has 3 heteroatoms. The monoisotopic (exact) mass is 271 g/mol. The summed E-state index contributed by atoms with van der Waals surface area (Å²) in [5.41, 5.74) is 8.47. The Balaban J connectivity index is 1.72. The first-order chi connectivity index (χ1) is 9.56. The van der Waals surface area contributed by atoms with E-state index in [4.69, 9.17) is 15.7 Å². The first kappa shape index (κ1) is 12.8. The molecule has 108 valence electrons. The topological polar surface area (TPSA) is 51.8 Å². The van der Waals surface area contributed by atoms with Crippen molar-refractivity contribution in [3.63, 3.8) is 0 Å². The Hall–Kier alpha value is -0.960. The second-order valence-corrected chi connectivity index (χ2v) is 7.72. The maximum atomic E-state index is 5.99. The van der Waals surface area contributed by atoms with Gasteiger partial charge in [-0.25, -0.2) is 9.97 Å². The molecule has 5 rings (SSSR count). The Morgan fingerprint density at radius 3 is 2.15 bits per heavy atom. The van der Waals surface area contributed by atoms with Gasteiger partial charge in [0, 0.05) is 28.9 Å². The number of nitrogens with zero attached hydrogens (tertiary/aromatic N) is 2. The lowest BCUT2D eigenvalue weighted by atomic mass is 9.49. The molecule has 1 aromatic heterocycles. The van der Waals surface area contributed by atoms with Crippen molar-refractivity contribution in [2.45, 2.75) is 63.8 Å². The molecule has 4 bridgehead atoms. The summed E-state index contributed by atoms with van der Waals surface area (Å²) in [6, 6.07) is 0.0282. The first-order valence-electron chi connectivity index (χ1n) is 8.15. The van der Waals surface area contributed by atoms with Gasteiger partial charge < -0.3 is 5.73 Å². The van der Waals surface area contributed by atoms with Crippen molar-refractivity contribution in [1.29, 1.82) is 0 Å². The molecular weight excluding hydrogens is 246 g/mol. The minimum Gasteiger partial charge on any atom is -0.324 e.